The maximum atomic E-state index is 7.40. The number of rotatable bonds is 1. The van der Waals surface area contributed by atoms with E-state index in [1.807, 2.05) is 11.9 Å². The maximum absolute atomic E-state index is 7.40. The number of guanidine groups is 1. The minimum absolute atomic E-state index is 0.184. The monoisotopic (exact) mass is 212 g/mol. The molecule has 3 N–H and O–H groups in total. The van der Waals surface area contributed by atoms with Gasteiger partial charge in [0.2, 0.25) is 0 Å². The minimum Gasteiger partial charge on any atom is -0.370 e. The van der Waals surface area contributed by atoms with Crippen molar-refractivity contribution in [1.29, 1.82) is 5.41 Å². The molecule has 0 amide bonds. The molecule has 1 aliphatic heterocycles. The molecule has 4 nitrogen and oxygen atoms in total. The number of nitrogens with two attached hydrogens (primary N) is 1. The molecule has 0 spiro atoms. The van der Waals surface area contributed by atoms with E-state index in [0.717, 1.165) is 25.9 Å². The molecule has 15 heavy (non-hydrogen) atoms. The Kier molecular flexibility index (Phi) is 3.60. The van der Waals surface area contributed by atoms with Crippen molar-refractivity contribution >= 4 is 5.96 Å². The third-order valence-corrected chi connectivity index (χ3v) is 3.34. The van der Waals surface area contributed by atoms with E-state index >= 15 is 0 Å². The summed E-state index contributed by atoms with van der Waals surface area (Å²) in [6, 6.07) is 0.445. The highest BCUT2D eigenvalue weighted by atomic mass is 15.3. The van der Waals surface area contributed by atoms with E-state index in [9.17, 15) is 0 Å². The Balaban J connectivity index is 2.46. The van der Waals surface area contributed by atoms with Crippen LogP contribution in [-0.2, 0) is 0 Å². The van der Waals surface area contributed by atoms with Crippen molar-refractivity contribution in [2.24, 2.45) is 5.73 Å². The van der Waals surface area contributed by atoms with Gasteiger partial charge in [-0.2, -0.15) is 0 Å². The van der Waals surface area contributed by atoms with Gasteiger partial charge in [-0.15, -0.1) is 0 Å². The van der Waals surface area contributed by atoms with Crippen LogP contribution in [-0.4, -0.2) is 47.5 Å². The molecule has 0 radical (unpaired) electrons. The summed E-state index contributed by atoms with van der Waals surface area (Å²) in [6.45, 7) is 8.96. The first kappa shape index (κ1) is 12.3. The van der Waals surface area contributed by atoms with Crippen molar-refractivity contribution in [1.82, 2.24) is 9.80 Å². The summed E-state index contributed by atoms with van der Waals surface area (Å²) in [6.07, 6.45) is 2.21. The van der Waals surface area contributed by atoms with Crippen molar-refractivity contribution < 1.29 is 0 Å². The van der Waals surface area contributed by atoms with Gasteiger partial charge >= 0.3 is 0 Å². The fourth-order valence-corrected chi connectivity index (χ4v) is 2.12. The van der Waals surface area contributed by atoms with Gasteiger partial charge in [-0.25, -0.2) is 0 Å². The summed E-state index contributed by atoms with van der Waals surface area (Å²) in [7, 11) is 1.92. The second-order valence-electron chi connectivity index (χ2n) is 5.39. The van der Waals surface area contributed by atoms with Crippen LogP contribution in [0.5, 0.6) is 0 Å². The second kappa shape index (κ2) is 4.39. The van der Waals surface area contributed by atoms with Gasteiger partial charge in [0, 0.05) is 31.7 Å². The van der Waals surface area contributed by atoms with Crippen LogP contribution in [0, 0.1) is 5.41 Å². The molecule has 0 aromatic rings. The smallest absolute Gasteiger partial charge is 0.188 e. The normalized spacial score (nSPS) is 20.3. The fourth-order valence-electron chi connectivity index (χ4n) is 2.12. The highest BCUT2D eigenvalue weighted by Gasteiger charge is 2.28. The highest BCUT2D eigenvalue weighted by Crippen LogP contribution is 2.22. The summed E-state index contributed by atoms with van der Waals surface area (Å²) >= 11 is 0. The van der Waals surface area contributed by atoms with E-state index in [1.54, 1.807) is 0 Å². The molecule has 4 heteroatoms. The first-order valence-corrected chi connectivity index (χ1v) is 5.64. The average molecular weight is 212 g/mol. The molecule has 0 unspecified atom stereocenters. The first-order valence-electron chi connectivity index (χ1n) is 5.64. The quantitative estimate of drug-likeness (QED) is 0.505. The predicted molar refractivity (Wildman–Crippen MR) is 64.0 cm³/mol. The molecular formula is C11H24N4. The van der Waals surface area contributed by atoms with Gasteiger partial charge in [-0.1, -0.05) is 0 Å². The first-order chi connectivity index (χ1) is 6.82. The lowest BCUT2D eigenvalue weighted by Crippen LogP contribution is -2.52. The third kappa shape index (κ3) is 3.09. The van der Waals surface area contributed by atoms with E-state index in [4.69, 9.17) is 11.1 Å². The summed E-state index contributed by atoms with van der Waals surface area (Å²) in [5.41, 5.74) is 5.75. The van der Waals surface area contributed by atoms with E-state index in [-0.39, 0.29) is 11.5 Å². The summed E-state index contributed by atoms with van der Waals surface area (Å²) in [5, 5.41) is 7.40. The Morgan fingerprint density at radius 1 is 1.33 bits per heavy atom. The second-order valence-corrected chi connectivity index (χ2v) is 5.39. The van der Waals surface area contributed by atoms with E-state index in [1.165, 1.54) is 0 Å². The van der Waals surface area contributed by atoms with Gasteiger partial charge in [0.25, 0.3) is 0 Å². The van der Waals surface area contributed by atoms with Crippen molar-refractivity contribution in [3.63, 3.8) is 0 Å². The largest absolute Gasteiger partial charge is 0.370 e. The van der Waals surface area contributed by atoms with Crippen molar-refractivity contribution in [2.45, 2.75) is 45.2 Å². The van der Waals surface area contributed by atoms with Crippen LogP contribution in [0.2, 0.25) is 0 Å². The molecule has 0 atom stereocenters. The van der Waals surface area contributed by atoms with Gasteiger partial charge in [0.15, 0.2) is 5.96 Å². The number of nitrogens with one attached hydrogen (secondary N) is 1. The van der Waals surface area contributed by atoms with Crippen LogP contribution in [0.15, 0.2) is 0 Å². The molecule has 1 heterocycles. The molecule has 1 rings (SSSR count). The lowest BCUT2D eigenvalue weighted by Gasteiger charge is -2.43. The maximum Gasteiger partial charge on any atom is 0.188 e. The van der Waals surface area contributed by atoms with Crippen LogP contribution in [0.3, 0.4) is 0 Å². The van der Waals surface area contributed by atoms with Crippen LogP contribution in [0.1, 0.15) is 33.6 Å². The van der Waals surface area contributed by atoms with Crippen LogP contribution >= 0.6 is 0 Å². The molecule has 0 saturated carbocycles. The number of hydrogen-bond donors (Lipinski definition) is 2. The molecule has 1 fully saturated rings. The Morgan fingerprint density at radius 3 is 2.13 bits per heavy atom. The number of nitrogens with zero attached hydrogens (tertiary/aromatic N) is 2. The number of piperidine rings is 1. The molecule has 0 aromatic carbocycles. The minimum atomic E-state index is 0.184. The van der Waals surface area contributed by atoms with Gasteiger partial charge in [-0.3, -0.25) is 10.3 Å². The van der Waals surface area contributed by atoms with Gasteiger partial charge in [-0.05, 0) is 33.6 Å². The van der Waals surface area contributed by atoms with Crippen LogP contribution in [0.25, 0.3) is 0 Å². The van der Waals surface area contributed by atoms with E-state index < -0.39 is 0 Å². The fraction of sp³-hybridized carbons (Fsp3) is 0.909. The third-order valence-electron chi connectivity index (χ3n) is 3.34. The topological polar surface area (TPSA) is 56.4 Å². The Hall–Kier alpha value is -0.770. The molecule has 1 saturated heterocycles. The van der Waals surface area contributed by atoms with Crippen LogP contribution < -0.4 is 5.73 Å². The number of likely N-dealkylation sites (tertiary alicyclic amines) is 1. The molecule has 0 aliphatic carbocycles. The molecular weight excluding hydrogens is 188 g/mol. The summed E-state index contributed by atoms with van der Waals surface area (Å²) in [5.74, 6) is 0.184. The zero-order valence-electron chi connectivity index (χ0n) is 10.4. The van der Waals surface area contributed by atoms with Crippen molar-refractivity contribution in [3.8, 4) is 0 Å². The lowest BCUT2D eigenvalue weighted by molar-refractivity contribution is 0.0814. The van der Waals surface area contributed by atoms with Gasteiger partial charge in [0.1, 0.15) is 0 Å². The van der Waals surface area contributed by atoms with Gasteiger partial charge < -0.3 is 10.6 Å². The summed E-state index contributed by atoms with van der Waals surface area (Å²) in [4.78, 5) is 4.39. The molecule has 88 valence electrons. The zero-order chi connectivity index (χ0) is 11.6. The SMILES string of the molecule is CN(C(=N)N)C1CCN(C(C)(C)C)CC1. The standard InChI is InChI=1S/C11H24N4/c1-11(2,3)15-7-5-9(6-8-15)14(4)10(12)13/h9H,5-8H2,1-4H3,(H3,12,13). The highest BCUT2D eigenvalue weighted by molar-refractivity contribution is 5.74. The molecule has 0 bridgehead atoms. The summed E-state index contributed by atoms with van der Waals surface area (Å²) < 4.78 is 0. The lowest BCUT2D eigenvalue weighted by atomic mass is 9.97. The Labute approximate surface area is 92.9 Å². The van der Waals surface area contributed by atoms with Crippen molar-refractivity contribution in [3.05, 3.63) is 0 Å². The van der Waals surface area contributed by atoms with Crippen LogP contribution in [0.4, 0.5) is 0 Å². The Bertz CT molecular complexity index is 223. The molecule has 1 aliphatic rings. The molecule has 0 aromatic heterocycles. The average Bonchev–Trinajstić information content (AvgIpc) is 2.15. The van der Waals surface area contributed by atoms with E-state index in [0.29, 0.717) is 6.04 Å². The zero-order valence-corrected chi connectivity index (χ0v) is 10.4. The van der Waals surface area contributed by atoms with Crippen molar-refractivity contribution in [2.75, 3.05) is 20.1 Å². The van der Waals surface area contributed by atoms with Gasteiger partial charge in [0.05, 0.1) is 0 Å². The number of hydrogen-bond acceptors (Lipinski definition) is 2. The predicted octanol–water partition coefficient (Wildman–Crippen LogP) is 1.07. The Morgan fingerprint density at radius 2 is 1.80 bits per heavy atom. The van der Waals surface area contributed by atoms with E-state index in [2.05, 4.69) is 25.7 Å².